The molecule has 2 nitrogen and oxygen atoms in total. The van der Waals surface area contributed by atoms with Gasteiger partial charge in [-0.3, -0.25) is 0 Å². The van der Waals surface area contributed by atoms with Crippen LogP contribution in [0.5, 0.6) is 0 Å². The third-order valence-corrected chi connectivity index (χ3v) is 3.29. The molecule has 1 atom stereocenters. The molecule has 0 saturated carbocycles. The number of aryl methyl sites for hydroxylation is 1. The van der Waals surface area contributed by atoms with Gasteiger partial charge in [-0.2, -0.15) is 0 Å². The van der Waals surface area contributed by atoms with E-state index < -0.39 is 0 Å². The molecule has 1 aromatic carbocycles. The van der Waals surface area contributed by atoms with Crippen molar-refractivity contribution in [2.75, 3.05) is 6.54 Å². The van der Waals surface area contributed by atoms with Crippen LogP contribution in [0.15, 0.2) is 41.0 Å². The molecule has 0 saturated heterocycles. The zero-order valence-corrected chi connectivity index (χ0v) is 9.36. The molecule has 1 aliphatic heterocycles. The Balaban J connectivity index is 2.08. The van der Waals surface area contributed by atoms with Gasteiger partial charge in [-0.05, 0) is 36.1 Å². The summed E-state index contributed by atoms with van der Waals surface area (Å²) in [6.07, 6.45) is 2.86. The molecule has 16 heavy (non-hydrogen) atoms. The summed E-state index contributed by atoms with van der Waals surface area (Å²) in [7, 11) is 0. The van der Waals surface area contributed by atoms with Crippen molar-refractivity contribution < 1.29 is 4.42 Å². The van der Waals surface area contributed by atoms with E-state index in [1.165, 1.54) is 16.7 Å². The van der Waals surface area contributed by atoms with Gasteiger partial charge in [0.25, 0.3) is 0 Å². The second kappa shape index (κ2) is 3.80. The Labute approximate surface area is 95.3 Å². The SMILES string of the molecule is Cc1ccccc1C1NCCc2ccoc21. The number of nitrogens with one attached hydrogen (secondary N) is 1. The van der Waals surface area contributed by atoms with Gasteiger partial charge in [0.05, 0.1) is 12.3 Å². The molecular formula is C14H15NO. The van der Waals surface area contributed by atoms with Crippen LogP contribution in [0.25, 0.3) is 0 Å². The Bertz CT molecular complexity index is 501. The van der Waals surface area contributed by atoms with Crippen molar-refractivity contribution in [1.82, 2.24) is 5.32 Å². The standard InChI is InChI=1S/C14H15NO/c1-10-4-2-3-5-12(10)13-14-11(6-8-15-13)7-9-16-14/h2-5,7,9,13,15H,6,8H2,1H3. The summed E-state index contributed by atoms with van der Waals surface area (Å²) in [5, 5.41) is 3.52. The van der Waals surface area contributed by atoms with Gasteiger partial charge in [-0.25, -0.2) is 0 Å². The number of hydrogen-bond donors (Lipinski definition) is 1. The van der Waals surface area contributed by atoms with Crippen LogP contribution in [-0.4, -0.2) is 6.54 Å². The summed E-state index contributed by atoms with van der Waals surface area (Å²) >= 11 is 0. The van der Waals surface area contributed by atoms with E-state index in [2.05, 4.69) is 42.6 Å². The lowest BCUT2D eigenvalue weighted by molar-refractivity contribution is 0.424. The molecule has 1 unspecified atom stereocenters. The minimum absolute atomic E-state index is 0.222. The normalized spacial score (nSPS) is 19.4. The van der Waals surface area contributed by atoms with E-state index in [1.807, 2.05) is 0 Å². The minimum Gasteiger partial charge on any atom is -0.467 e. The quantitative estimate of drug-likeness (QED) is 0.788. The maximum Gasteiger partial charge on any atom is 0.128 e. The van der Waals surface area contributed by atoms with Crippen molar-refractivity contribution in [2.45, 2.75) is 19.4 Å². The highest BCUT2D eigenvalue weighted by Gasteiger charge is 2.24. The number of hydrogen-bond acceptors (Lipinski definition) is 2. The molecule has 1 aliphatic rings. The molecule has 0 aliphatic carbocycles. The molecule has 82 valence electrons. The smallest absolute Gasteiger partial charge is 0.128 e. The van der Waals surface area contributed by atoms with Gasteiger partial charge in [0.1, 0.15) is 5.76 Å². The van der Waals surface area contributed by atoms with Crippen LogP contribution >= 0.6 is 0 Å². The average Bonchev–Trinajstić information content (AvgIpc) is 2.77. The van der Waals surface area contributed by atoms with Gasteiger partial charge in [0.15, 0.2) is 0 Å². The summed E-state index contributed by atoms with van der Waals surface area (Å²) < 4.78 is 5.62. The van der Waals surface area contributed by atoms with E-state index in [0.29, 0.717) is 0 Å². The number of rotatable bonds is 1. The minimum atomic E-state index is 0.222. The van der Waals surface area contributed by atoms with Crippen molar-refractivity contribution in [2.24, 2.45) is 0 Å². The molecule has 0 fully saturated rings. The van der Waals surface area contributed by atoms with Gasteiger partial charge >= 0.3 is 0 Å². The number of benzene rings is 1. The van der Waals surface area contributed by atoms with Gasteiger partial charge < -0.3 is 9.73 Å². The van der Waals surface area contributed by atoms with Crippen molar-refractivity contribution in [3.05, 3.63) is 59.0 Å². The summed E-state index contributed by atoms with van der Waals surface area (Å²) in [6, 6.07) is 10.8. The zero-order valence-electron chi connectivity index (χ0n) is 9.36. The highest BCUT2D eigenvalue weighted by Crippen LogP contribution is 2.30. The van der Waals surface area contributed by atoms with Crippen LogP contribution in [-0.2, 0) is 6.42 Å². The molecule has 0 radical (unpaired) electrons. The predicted molar refractivity (Wildman–Crippen MR) is 63.4 cm³/mol. The molecule has 1 aromatic heterocycles. The van der Waals surface area contributed by atoms with E-state index in [0.717, 1.165) is 18.7 Å². The van der Waals surface area contributed by atoms with E-state index >= 15 is 0 Å². The average molecular weight is 213 g/mol. The van der Waals surface area contributed by atoms with Crippen molar-refractivity contribution >= 4 is 0 Å². The Morgan fingerprint density at radius 1 is 1.25 bits per heavy atom. The first kappa shape index (κ1) is 9.67. The molecular weight excluding hydrogens is 198 g/mol. The molecule has 3 rings (SSSR count). The van der Waals surface area contributed by atoms with Gasteiger partial charge in [-0.15, -0.1) is 0 Å². The van der Waals surface area contributed by atoms with Gasteiger partial charge in [-0.1, -0.05) is 24.3 Å². The lowest BCUT2D eigenvalue weighted by Gasteiger charge is -2.24. The number of furan rings is 1. The molecule has 0 bridgehead atoms. The van der Waals surface area contributed by atoms with Crippen molar-refractivity contribution in [1.29, 1.82) is 0 Å². The number of fused-ring (bicyclic) bond motifs is 1. The summed E-state index contributed by atoms with van der Waals surface area (Å²) in [5.74, 6) is 1.08. The summed E-state index contributed by atoms with van der Waals surface area (Å²) in [6.45, 7) is 3.17. The fourth-order valence-corrected chi connectivity index (χ4v) is 2.41. The van der Waals surface area contributed by atoms with E-state index in [-0.39, 0.29) is 6.04 Å². The molecule has 1 N–H and O–H groups in total. The lowest BCUT2D eigenvalue weighted by Crippen LogP contribution is -2.30. The Morgan fingerprint density at radius 2 is 2.12 bits per heavy atom. The Morgan fingerprint density at radius 3 is 3.00 bits per heavy atom. The van der Waals surface area contributed by atoms with Crippen LogP contribution in [0.4, 0.5) is 0 Å². The Hall–Kier alpha value is -1.54. The first-order valence-electron chi connectivity index (χ1n) is 5.71. The molecule has 0 amide bonds. The summed E-state index contributed by atoms with van der Waals surface area (Å²) in [5.41, 5.74) is 3.97. The second-order valence-electron chi connectivity index (χ2n) is 4.30. The first-order chi connectivity index (χ1) is 7.86. The second-order valence-corrected chi connectivity index (χ2v) is 4.30. The van der Waals surface area contributed by atoms with Crippen LogP contribution in [0.3, 0.4) is 0 Å². The topological polar surface area (TPSA) is 25.2 Å². The fraction of sp³-hybridized carbons (Fsp3) is 0.286. The van der Waals surface area contributed by atoms with Crippen molar-refractivity contribution in [3.8, 4) is 0 Å². The van der Waals surface area contributed by atoms with Gasteiger partial charge in [0.2, 0.25) is 0 Å². The predicted octanol–water partition coefficient (Wildman–Crippen LogP) is 2.82. The van der Waals surface area contributed by atoms with Crippen LogP contribution in [0.1, 0.15) is 28.5 Å². The third-order valence-electron chi connectivity index (χ3n) is 3.29. The molecule has 0 spiro atoms. The maximum absolute atomic E-state index is 5.62. The maximum atomic E-state index is 5.62. The van der Waals surface area contributed by atoms with E-state index in [9.17, 15) is 0 Å². The van der Waals surface area contributed by atoms with Crippen LogP contribution in [0, 0.1) is 6.92 Å². The van der Waals surface area contributed by atoms with Gasteiger partial charge in [0, 0.05) is 6.54 Å². The Kier molecular flexibility index (Phi) is 2.29. The summed E-state index contributed by atoms with van der Waals surface area (Å²) in [4.78, 5) is 0. The third kappa shape index (κ3) is 1.46. The molecule has 2 aromatic rings. The fourth-order valence-electron chi connectivity index (χ4n) is 2.41. The highest BCUT2D eigenvalue weighted by molar-refractivity contribution is 5.37. The highest BCUT2D eigenvalue weighted by atomic mass is 16.3. The zero-order chi connectivity index (χ0) is 11.0. The van der Waals surface area contributed by atoms with Crippen molar-refractivity contribution in [3.63, 3.8) is 0 Å². The lowest BCUT2D eigenvalue weighted by atomic mass is 9.94. The van der Waals surface area contributed by atoms with E-state index in [4.69, 9.17) is 4.42 Å². The monoisotopic (exact) mass is 213 g/mol. The molecule has 2 heterocycles. The van der Waals surface area contributed by atoms with E-state index in [1.54, 1.807) is 6.26 Å². The largest absolute Gasteiger partial charge is 0.467 e. The van der Waals surface area contributed by atoms with Crippen LogP contribution in [0.2, 0.25) is 0 Å². The first-order valence-corrected chi connectivity index (χ1v) is 5.71. The molecule has 2 heteroatoms. The van der Waals surface area contributed by atoms with Crippen LogP contribution < -0.4 is 5.32 Å².